The highest BCUT2D eigenvalue weighted by Crippen LogP contribution is 2.23. The third-order valence-corrected chi connectivity index (χ3v) is 5.34. The number of hydrogen-bond acceptors (Lipinski definition) is 4. The van der Waals surface area contributed by atoms with Crippen molar-refractivity contribution in [3.63, 3.8) is 0 Å². The van der Waals surface area contributed by atoms with Crippen LogP contribution in [-0.4, -0.2) is 60.9 Å². The van der Waals surface area contributed by atoms with Crippen LogP contribution in [0, 0.1) is 6.92 Å². The largest absolute Gasteiger partial charge is 0.492 e. The molecule has 6 nitrogen and oxygen atoms in total. The van der Waals surface area contributed by atoms with E-state index in [9.17, 15) is 9.59 Å². The second-order valence-corrected chi connectivity index (χ2v) is 7.28. The maximum absolute atomic E-state index is 12.5. The molecule has 2 fully saturated rings. The third-order valence-electron chi connectivity index (χ3n) is 5.34. The Balaban J connectivity index is 1.53. The van der Waals surface area contributed by atoms with Crippen LogP contribution in [0.2, 0.25) is 0 Å². The fourth-order valence-corrected chi connectivity index (χ4v) is 3.70. The number of rotatable bonds is 6. The average Bonchev–Trinajstić information content (AvgIpc) is 3.12. The van der Waals surface area contributed by atoms with Gasteiger partial charge in [-0.25, -0.2) is 0 Å². The monoisotopic (exact) mass is 359 g/mol. The molecule has 2 aliphatic rings. The van der Waals surface area contributed by atoms with Crippen molar-refractivity contribution in [2.24, 2.45) is 0 Å². The Labute approximate surface area is 155 Å². The summed E-state index contributed by atoms with van der Waals surface area (Å²) in [6.45, 7) is 5.97. The van der Waals surface area contributed by atoms with E-state index in [2.05, 4.69) is 10.2 Å². The van der Waals surface area contributed by atoms with Crippen molar-refractivity contribution >= 4 is 17.5 Å². The number of carbonyl (C=O) groups excluding carboxylic acids is 2. The Morgan fingerprint density at radius 1 is 1.27 bits per heavy atom. The predicted octanol–water partition coefficient (Wildman–Crippen LogP) is 2.42. The first-order valence-corrected chi connectivity index (χ1v) is 9.57. The van der Waals surface area contributed by atoms with Gasteiger partial charge in [0.25, 0.3) is 0 Å². The SMILES string of the molecule is Cc1cc(NC(=O)C2CCCC(=O)N2C)ccc1OCCN1CCCC1. The zero-order valence-electron chi connectivity index (χ0n) is 15.8. The Bertz CT molecular complexity index is 656. The maximum atomic E-state index is 12.5. The zero-order chi connectivity index (χ0) is 18.5. The molecule has 0 aromatic heterocycles. The Morgan fingerprint density at radius 3 is 2.77 bits per heavy atom. The molecule has 2 saturated heterocycles. The smallest absolute Gasteiger partial charge is 0.247 e. The number of likely N-dealkylation sites (tertiary alicyclic amines) is 2. The molecule has 0 spiro atoms. The van der Waals surface area contributed by atoms with Crippen molar-refractivity contribution in [2.45, 2.75) is 45.1 Å². The lowest BCUT2D eigenvalue weighted by Gasteiger charge is -2.31. The summed E-state index contributed by atoms with van der Waals surface area (Å²) in [5, 5.41) is 2.93. The van der Waals surface area contributed by atoms with Crippen LogP contribution in [0.5, 0.6) is 5.75 Å². The van der Waals surface area contributed by atoms with Gasteiger partial charge in [-0.15, -0.1) is 0 Å². The van der Waals surface area contributed by atoms with E-state index in [0.717, 1.165) is 30.0 Å². The minimum absolute atomic E-state index is 0.0364. The number of benzene rings is 1. The lowest BCUT2D eigenvalue weighted by Crippen LogP contribution is -2.47. The summed E-state index contributed by atoms with van der Waals surface area (Å²) in [6, 6.07) is 5.31. The first-order valence-electron chi connectivity index (χ1n) is 9.57. The van der Waals surface area contributed by atoms with E-state index in [4.69, 9.17) is 4.74 Å². The normalized spacial score (nSPS) is 21.1. The summed E-state index contributed by atoms with van der Waals surface area (Å²) in [5.74, 6) is 0.768. The number of amides is 2. The van der Waals surface area contributed by atoms with Crippen LogP contribution in [0.25, 0.3) is 0 Å². The summed E-state index contributed by atoms with van der Waals surface area (Å²) in [5.41, 5.74) is 1.74. The molecule has 3 rings (SSSR count). The van der Waals surface area contributed by atoms with Gasteiger partial charge in [-0.05, 0) is 69.5 Å². The molecule has 1 aromatic rings. The Morgan fingerprint density at radius 2 is 2.04 bits per heavy atom. The van der Waals surface area contributed by atoms with Crippen LogP contribution < -0.4 is 10.1 Å². The number of nitrogens with zero attached hydrogens (tertiary/aromatic N) is 2. The van der Waals surface area contributed by atoms with Gasteiger partial charge in [-0.2, -0.15) is 0 Å². The highest BCUT2D eigenvalue weighted by Gasteiger charge is 2.30. The second kappa shape index (κ2) is 8.54. The van der Waals surface area contributed by atoms with Crippen LogP contribution >= 0.6 is 0 Å². The number of aryl methyl sites for hydroxylation is 1. The fourth-order valence-electron chi connectivity index (χ4n) is 3.70. The molecule has 26 heavy (non-hydrogen) atoms. The molecule has 6 heteroatoms. The highest BCUT2D eigenvalue weighted by molar-refractivity contribution is 5.97. The standard InChI is InChI=1S/C20H29N3O3/c1-15-14-16(21-20(25)17-6-5-7-19(24)22(17)2)8-9-18(15)26-13-12-23-10-3-4-11-23/h8-9,14,17H,3-7,10-13H2,1-2H3,(H,21,25). The quantitative estimate of drug-likeness (QED) is 0.847. The van der Waals surface area contributed by atoms with Gasteiger partial charge < -0.3 is 15.0 Å². The summed E-state index contributed by atoms with van der Waals surface area (Å²) in [4.78, 5) is 28.3. The van der Waals surface area contributed by atoms with Gasteiger partial charge >= 0.3 is 0 Å². The summed E-state index contributed by atoms with van der Waals surface area (Å²) >= 11 is 0. The number of hydrogen-bond donors (Lipinski definition) is 1. The minimum Gasteiger partial charge on any atom is -0.492 e. The van der Waals surface area contributed by atoms with Gasteiger partial charge in [-0.3, -0.25) is 14.5 Å². The van der Waals surface area contributed by atoms with Crippen LogP contribution in [0.1, 0.15) is 37.7 Å². The number of likely N-dealkylation sites (N-methyl/N-ethyl adjacent to an activating group) is 1. The van der Waals surface area contributed by atoms with E-state index in [0.29, 0.717) is 19.4 Å². The first kappa shape index (κ1) is 18.7. The van der Waals surface area contributed by atoms with E-state index in [-0.39, 0.29) is 17.9 Å². The number of nitrogens with one attached hydrogen (secondary N) is 1. The molecule has 0 radical (unpaired) electrons. The summed E-state index contributed by atoms with van der Waals surface area (Å²) in [6.07, 6.45) is 4.59. The van der Waals surface area contributed by atoms with Crippen molar-refractivity contribution in [2.75, 3.05) is 38.6 Å². The lowest BCUT2D eigenvalue weighted by molar-refractivity contribution is -0.140. The van der Waals surface area contributed by atoms with E-state index < -0.39 is 0 Å². The van der Waals surface area contributed by atoms with E-state index >= 15 is 0 Å². The molecular weight excluding hydrogens is 330 g/mol. The Kier molecular flexibility index (Phi) is 6.14. The van der Waals surface area contributed by atoms with Gasteiger partial charge in [0.2, 0.25) is 11.8 Å². The predicted molar refractivity (Wildman–Crippen MR) is 101 cm³/mol. The van der Waals surface area contributed by atoms with Crippen LogP contribution in [0.4, 0.5) is 5.69 Å². The van der Waals surface area contributed by atoms with Crippen molar-refractivity contribution in [1.29, 1.82) is 0 Å². The number of piperidine rings is 1. The second-order valence-electron chi connectivity index (χ2n) is 7.28. The fraction of sp³-hybridized carbons (Fsp3) is 0.600. The van der Waals surface area contributed by atoms with Crippen LogP contribution in [0.3, 0.4) is 0 Å². The molecule has 0 bridgehead atoms. The first-order chi connectivity index (χ1) is 12.5. The summed E-state index contributed by atoms with van der Waals surface area (Å²) < 4.78 is 5.90. The molecule has 1 N–H and O–H groups in total. The van der Waals surface area contributed by atoms with Gasteiger partial charge in [-0.1, -0.05) is 0 Å². The molecule has 2 heterocycles. The van der Waals surface area contributed by atoms with Crippen LogP contribution in [-0.2, 0) is 9.59 Å². The summed E-state index contributed by atoms with van der Waals surface area (Å²) in [7, 11) is 1.70. The van der Waals surface area contributed by atoms with Crippen molar-refractivity contribution < 1.29 is 14.3 Å². The molecule has 2 amide bonds. The van der Waals surface area contributed by atoms with Gasteiger partial charge in [0.05, 0.1) is 0 Å². The minimum atomic E-state index is -0.382. The average molecular weight is 359 g/mol. The molecule has 1 unspecified atom stereocenters. The Hall–Kier alpha value is -2.08. The molecule has 0 saturated carbocycles. The zero-order valence-corrected chi connectivity index (χ0v) is 15.8. The molecule has 1 atom stereocenters. The van der Waals surface area contributed by atoms with Crippen molar-refractivity contribution in [1.82, 2.24) is 9.80 Å². The molecule has 0 aliphatic carbocycles. The van der Waals surface area contributed by atoms with Crippen molar-refractivity contribution in [3.05, 3.63) is 23.8 Å². The highest BCUT2D eigenvalue weighted by atomic mass is 16.5. The van der Waals surface area contributed by atoms with E-state index in [1.807, 2.05) is 25.1 Å². The maximum Gasteiger partial charge on any atom is 0.247 e. The number of anilines is 1. The topological polar surface area (TPSA) is 61.9 Å². The molecular formula is C20H29N3O3. The number of carbonyl (C=O) groups is 2. The number of ether oxygens (including phenoxy) is 1. The van der Waals surface area contributed by atoms with Gasteiger partial charge in [0.1, 0.15) is 18.4 Å². The molecule has 2 aliphatic heterocycles. The molecule has 142 valence electrons. The van der Waals surface area contributed by atoms with E-state index in [1.54, 1.807) is 11.9 Å². The van der Waals surface area contributed by atoms with Gasteiger partial charge in [0.15, 0.2) is 0 Å². The lowest BCUT2D eigenvalue weighted by atomic mass is 10.0. The van der Waals surface area contributed by atoms with Crippen molar-refractivity contribution in [3.8, 4) is 5.75 Å². The van der Waals surface area contributed by atoms with Crippen LogP contribution in [0.15, 0.2) is 18.2 Å². The van der Waals surface area contributed by atoms with E-state index in [1.165, 1.54) is 25.9 Å². The van der Waals surface area contributed by atoms with Gasteiger partial charge in [0, 0.05) is 25.7 Å². The third kappa shape index (κ3) is 4.55. The molecule has 1 aromatic carbocycles.